The molecule has 3 aliphatic carbocycles. The summed E-state index contributed by atoms with van der Waals surface area (Å²) < 4.78 is 0. The molecule has 0 fully saturated rings. The first-order valence-corrected chi connectivity index (χ1v) is 11.1. The van der Waals surface area contributed by atoms with Crippen molar-refractivity contribution in [2.75, 3.05) is 6.61 Å². The number of aryl methyl sites for hydroxylation is 1. The number of allylic oxidation sites excluding steroid dienone is 5. The minimum absolute atomic E-state index is 0.161. The number of benzene rings is 3. The topological polar surface area (TPSA) is 54.4 Å². The van der Waals surface area contributed by atoms with Gasteiger partial charge in [-0.25, -0.2) is 0 Å². The minimum atomic E-state index is -0.390. The van der Waals surface area contributed by atoms with E-state index < -0.39 is 0 Å². The molecule has 3 aliphatic rings. The third-order valence-corrected chi connectivity index (χ3v) is 6.49. The molecular formula is C29H24O3. The number of hydrogen-bond acceptors (Lipinski definition) is 3. The van der Waals surface area contributed by atoms with Gasteiger partial charge in [0.2, 0.25) is 0 Å². The number of hydrogen-bond donors (Lipinski definition) is 1. The zero-order chi connectivity index (χ0) is 22.1. The molecule has 0 unspecified atom stereocenters. The van der Waals surface area contributed by atoms with E-state index >= 15 is 0 Å². The standard InChI is InChI=1S/C18H16.C11H8O3/c1-3-7-15-13(5-1)9-11-18-16-8-4-2-6-14(16)10-12-17(15)18;12-6-7-5-10(13)8-3-1-2-4-9(8)11(7)14/h1,3-5,7-9,11H,2,6,10,12H2;1-5,12H,6H2. The summed E-state index contributed by atoms with van der Waals surface area (Å²) in [6, 6.07) is 20.0. The van der Waals surface area contributed by atoms with Gasteiger partial charge in [0.1, 0.15) is 0 Å². The highest BCUT2D eigenvalue weighted by atomic mass is 16.3. The molecule has 0 saturated carbocycles. The van der Waals surface area contributed by atoms with Crippen LogP contribution in [0.2, 0.25) is 0 Å². The molecule has 0 aliphatic heterocycles. The van der Waals surface area contributed by atoms with E-state index in [1.165, 1.54) is 53.7 Å². The quantitative estimate of drug-likeness (QED) is 0.535. The largest absolute Gasteiger partial charge is 0.392 e. The second-order valence-corrected chi connectivity index (χ2v) is 8.34. The van der Waals surface area contributed by atoms with E-state index in [4.69, 9.17) is 5.11 Å². The van der Waals surface area contributed by atoms with Crippen molar-refractivity contribution in [2.24, 2.45) is 0 Å². The summed E-state index contributed by atoms with van der Waals surface area (Å²) in [5.74, 6) is -0.480. The van der Waals surface area contributed by atoms with Crippen molar-refractivity contribution in [1.29, 1.82) is 0 Å². The number of carbonyl (C=O) groups is 2. The first-order valence-electron chi connectivity index (χ1n) is 11.1. The van der Waals surface area contributed by atoms with E-state index in [-0.39, 0.29) is 23.7 Å². The number of Topliss-reactive ketones (excluding diaryl/α,β-unsaturated/α-hetero) is 1. The molecule has 0 saturated heterocycles. The number of fused-ring (bicyclic) bond motifs is 5. The molecule has 32 heavy (non-hydrogen) atoms. The maximum Gasteiger partial charge on any atom is 0.192 e. The van der Waals surface area contributed by atoms with Crippen molar-refractivity contribution in [2.45, 2.75) is 25.7 Å². The molecule has 0 amide bonds. The Labute approximate surface area is 187 Å². The first kappa shape index (κ1) is 20.3. The van der Waals surface area contributed by atoms with Gasteiger partial charge in [-0.05, 0) is 59.2 Å². The van der Waals surface area contributed by atoms with Crippen molar-refractivity contribution < 1.29 is 14.7 Å². The molecule has 3 aromatic carbocycles. The van der Waals surface area contributed by atoms with Gasteiger partial charge >= 0.3 is 0 Å². The van der Waals surface area contributed by atoms with Crippen molar-refractivity contribution in [3.05, 3.63) is 112 Å². The van der Waals surface area contributed by atoms with Gasteiger partial charge in [0.05, 0.1) is 6.61 Å². The van der Waals surface area contributed by atoms with Crippen LogP contribution in [0.15, 0.2) is 90.0 Å². The minimum Gasteiger partial charge on any atom is -0.392 e. The second kappa shape index (κ2) is 8.52. The molecule has 3 aromatic rings. The predicted molar refractivity (Wildman–Crippen MR) is 128 cm³/mol. The third kappa shape index (κ3) is 3.55. The van der Waals surface area contributed by atoms with Crippen LogP contribution in [0.5, 0.6) is 0 Å². The Hall–Kier alpha value is -3.56. The summed E-state index contributed by atoms with van der Waals surface area (Å²) in [5, 5.41) is 11.7. The highest BCUT2D eigenvalue weighted by Gasteiger charge is 2.24. The number of aliphatic hydroxyl groups excluding tert-OH is 1. The monoisotopic (exact) mass is 420 g/mol. The van der Waals surface area contributed by atoms with Gasteiger partial charge in [-0.15, -0.1) is 0 Å². The van der Waals surface area contributed by atoms with Gasteiger partial charge in [0, 0.05) is 16.7 Å². The highest BCUT2D eigenvalue weighted by Crippen LogP contribution is 2.39. The van der Waals surface area contributed by atoms with E-state index in [1.54, 1.807) is 35.4 Å². The fourth-order valence-corrected chi connectivity index (χ4v) is 4.87. The predicted octanol–water partition coefficient (Wildman–Crippen LogP) is 5.87. The van der Waals surface area contributed by atoms with Crippen LogP contribution in [0.3, 0.4) is 0 Å². The zero-order valence-corrected chi connectivity index (χ0v) is 17.8. The van der Waals surface area contributed by atoms with Crippen LogP contribution in [-0.2, 0) is 6.42 Å². The molecule has 0 radical (unpaired) electrons. The van der Waals surface area contributed by atoms with Crippen LogP contribution >= 0.6 is 0 Å². The van der Waals surface area contributed by atoms with E-state index in [2.05, 4.69) is 48.6 Å². The SMILES string of the molecule is C1=CC2=C(CC1)CCc1c2ccc2ccccc12.O=C1C=C(CO)C(=O)c2ccccc21. The van der Waals surface area contributed by atoms with Crippen molar-refractivity contribution in [1.82, 2.24) is 0 Å². The third-order valence-electron chi connectivity index (χ3n) is 6.49. The van der Waals surface area contributed by atoms with Gasteiger partial charge in [0.15, 0.2) is 11.6 Å². The van der Waals surface area contributed by atoms with Crippen molar-refractivity contribution >= 4 is 27.9 Å². The first-order chi connectivity index (χ1) is 15.7. The molecule has 3 heteroatoms. The van der Waals surface area contributed by atoms with Crippen LogP contribution in [0.4, 0.5) is 0 Å². The number of carbonyl (C=O) groups excluding carboxylic acids is 2. The Morgan fingerprint density at radius 1 is 0.781 bits per heavy atom. The number of rotatable bonds is 1. The van der Waals surface area contributed by atoms with E-state index in [9.17, 15) is 9.59 Å². The smallest absolute Gasteiger partial charge is 0.192 e. The molecular weight excluding hydrogens is 396 g/mol. The molecule has 0 aromatic heterocycles. The van der Waals surface area contributed by atoms with E-state index in [1.807, 2.05) is 0 Å². The highest BCUT2D eigenvalue weighted by molar-refractivity contribution is 6.24. The second-order valence-electron chi connectivity index (χ2n) is 8.34. The summed E-state index contributed by atoms with van der Waals surface area (Å²) in [6.45, 7) is -0.390. The van der Waals surface area contributed by atoms with Crippen LogP contribution < -0.4 is 0 Å². The van der Waals surface area contributed by atoms with Gasteiger partial charge in [-0.2, -0.15) is 0 Å². The van der Waals surface area contributed by atoms with E-state index in [0.29, 0.717) is 11.1 Å². The Morgan fingerprint density at radius 3 is 2.41 bits per heavy atom. The molecule has 0 spiro atoms. The Morgan fingerprint density at radius 2 is 1.56 bits per heavy atom. The Balaban J connectivity index is 0.000000140. The summed E-state index contributed by atoms with van der Waals surface area (Å²) >= 11 is 0. The van der Waals surface area contributed by atoms with Crippen LogP contribution in [0.1, 0.15) is 51.1 Å². The van der Waals surface area contributed by atoms with Gasteiger partial charge < -0.3 is 5.11 Å². The molecule has 0 atom stereocenters. The molecule has 158 valence electrons. The number of ketones is 2. The normalized spacial score (nSPS) is 16.6. The number of aliphatic hydroxyl groups is 1. The summed E-state index contributed by atoms with van der Waals surface area (Å²) in [7, 11) is 0. The lowest BCUT2D eigenvalue weighted by Gasteiger charge is -2.25. The van der Waals surface area contributed by atoms with Crippen molar-refractivity contribution in [3.8, 4) is 0 Å². The average molecular weight is 421 g/mol. The van der Waals surface area contributed by atoms with E-state index in [0.717, 1.165) is 0 Å². The van der Waals surface area contributed by atoms with Gasteiger partial charge in [0.25, 0.3) is 0 Å². The molecule has 3 nitrogen and oxygen atoms in total. The zero-order valence-electron chi connectivity index (χ0n) is 17.8. The van der Waals surface area contributed by atoms with Crippen LogP contribution in [0.25, 0.3) is 16.3 Å². The maximum atomic E-state index is 11.6. The van der Waals surface area contributed by atoms with Gasteiger partial charge in [-0.3, -0.25) is 9.59 Å². The van der Waals surface area contributed by atoms with Crippen LogP contribution in [-0.4, -0.2) is 23.3 Å². The lowest BCUT2D eigenvalue weighted by Crippen LogP contribution is -2.18. The Kier molecular flexibility index (Phi) is 5.42. The molecule has 0 heterocycles. The lowest BCUT2D eigenvalue weighted by molar-refractivity contribution is 0.0972. The summed E-state index contributed by atoms with van der Waals surface area (Å²) in [6.07, 6.45) is 10.8. The maximum absolute atomic E-state index is 11.6. The fourth-order valence-electron chi connectivity index (χ4n) is 4.87. The molecule has 1 N–H and O–H groups in total. The van der Waals surface area contributed by atoms with Crippen molar-refractivity contribution in [3.63, 3.8) is 0 Å². The summed E-state index contributed by atoms with van der Waals surface area (Å²) in [4.78, 5) is 23.1. The fraction of sp³-hybridized carbons (Fsp3) is 0.172. The molecule has 6 rings (SSSR count). The average Bonchev–Trinajstić information content (AvgIpc) is 2.86. The summed E-state index contributed by atoms with van der Waals surface area (Å²) in [5.41, 5.74) is 7.16. The van der Waals surface area contributed by atoms with Gasteiger partial charge in [-0.1, -0.05) is 78.4 Å². The molecule has 0 bridgehead atoms. The van der Waals surface area contributed by atoms with Crippen LogP contribution in [0, 0.1) is 0 Å². The lowest BCUT2D eigenvalue weighted by atomic mass is 9.80. The Bertz CT molecular complexity index is 1340.